The SMILES string of the molecule is CCCCCCCCCC(CCCCCCCCC)COC(=O)[C@@H](N)Cc1ccccc1. The van der Waals surface area contributed by atoms with Crippen LogP contribution in [0.25, 0.3) is 0 Å². The molecule has 0 spiro atoms. The van der Waals surface area contributed by atoms with E-state index in [0.29, 0.717) is 18.9 Å². The normalized spacial score (nSPS) is 12.2. The van der Waals surface area contributed by atoms with Gasteiger partial charge in [-0.15, -0.1) is 0 Å². The maximum Gasteiger partial charge on any atom is 0.323 e. The van der Waals surface area contributed by atoms with Crippen LogP contribution in [0.5, 0.6) is 0 Å². The molecule has 1 rings (SSSR count). The molecule has 0 saturated heterocycles. The Labute approximate surface area is 198 Å². The second kappa shape index (κ2) is 20.3. The van der Waals surface area contributed by atoms with Crippen molar-refractivity contribution in [2.24, 2.45) is 11.7 Å². The van der Waals surface area contributed by atoms with Gasteiger partial charge in [0.25, 0.3) is 0 Å². The summed E-state index contributed by atoms with van der Waals surface area (Å²) in [6, 6.07) is 9.39. The Morgan fingerprint density at radius 3 is 1.72 bits per heavy atom. The van der Waals surface area contributed by atoms with Crippen LogP contribution in [0.3, 0.4) is 0 Å². The molecular weight excluding hydrogens is 394 g/mol. The van der Waals surface area contributed by atoms with Crippen molar-refractivity contribution in [2.45, 2.75) is 129 Å². The van der Waals surface area contributed by atoms with E-state index in [4.69, 9.17) is 10.5 Å². The van der Waals surface area contributed by atoms with E-state index in [-0.39, 0.29) is 5.97 Å². The molecule has 184 valence electrons. The predicted octanol–water partition coefficient (Wildman–Crippen LogP) is 8.00. The van der Waals surface area contributed by atoms with Crippen molar-refractivity contribution in [1.82, 2.24) is 0 Å². The predicted molar refractivity (Wildman–Crippen MR) is 138 cm³/mol. The first kappa shape index (κ1) is 28.7. The van der Waals surface area contributed by atoms with Gasteiger partial charge in [-0.1, -0.05) is 134 Å². The molecule has 3 heteroatoms. The second-order valence-electron chi connectivity index (χ2n) is 9.61. The molecule has 2 N–H and O–H groups in total. The number of carbonyl (C=O) groups excluding carboxylic acids is 1. The van der Waals surface area contributed by atoms with Gasteiger partial charge >= 0.3 is 5.97 Å². The van der Waals surface area contributed by atoms with Crippen molar-refractivity contribution >= 4 is 5.97 Å². The van der Waals surface area contributed by atoms with Crippen LogP contribution in [0.2, 0.25) is 0 Å². The van der Waals surface area contributed by atoms with Gasteiger partial charge < -0.3 is 10.5 Å². The Kier molecular flexibility index (Phi) is 18.2. The molecule has 1 aromatic rings. The van der Waals surface area contributed by atoms with Crippen LogP contribution >= 0.6 is 0 Å². The minimum Gasteiger partial charge on any atom is -0.464 e. The minimum atomic E-state index is -0.574. The van der Waals surface area contributed by atoms with Gasteiger partial charge in [0, 0.05) is 0 Å². The first-order chi connectivity index (χ1) is 15.7. The summed E-state index contributed by atoms with van der Waals surface area (Å²) in [4.78, 5) is 12.5. The Morgan fingerprint density at radius 1 is 0.750 bits per heavy atom. The molecule has 0 aliphatic heterocycles. The van der Waals surface area contributed by atoms with E-state index in [1.54, 1.807) is 0 Å². The first-order valence-electron chi connectivity index (χ1n) is 13.6. The van der Waals surface area contributed by atoms with Gasteiger partial charge in [0.2, 0.25) is 0 Å². The number of benzene rings is 1. The number of carbonyl (C=O) groups is 1. The molecule has 0 aliphatic rings. The van der Waals surface area contributed by atoms with Crippen LogP contribution < -0.4 is 5.73 Å². The van der Waals surface area contributed by atoms with E-state index < -0.39 is 6.04 Å². The average Bonchev–Trinajstić information content (AvgIpc) is 2.81. The van der Waals surface area contributed by atoms with Crippen LogP contribution in [0.4, 0.5) is 0 Å². The molecule has 1 aromatic carbocycles. The fourth-order valence-electron chi connectivity index (χ4n) is 4.35. The number of ether oxygens (including phenoxy) is 1. The third-order valence-electron chi connectivity index (χ3n) is 6.49. The van der Waals surface area contributed by atoms with Gasteiger partial charge in [-0.3, -0.25) is 4.79 Å². The van der Waals surface area contributed by atoms with Gasteiger partial charge in [0.1, 0.15) is 6.04 Å². The van der Waals surface area contributed by atoms with Crippen molar-refractivity contribution in [3.8, 4) is 0 Å². The molecule has 0 saturated carbocycles. The second-order valence-corrected chi connectivity index (χ2v) is 9.61. The fraction of sp³-hybridized carbons (Fsp3) is 0.759. The van der Waals surface area contributed by atoms with Gasteiger partial charge in [0.15, 0.2) is 0 Å². The summed E-state index contributed by atoms with van der Waals surface area (Å²) < 4.78 is 5.69. The average molecular weight is 446 g/mol. The number of nitrogens with two attached hydrogens (primary N) is 1. The lowest BCUT2D eigenvalue weighted by atomic mass is 9.94. The summed E-state index contributed by atoms with van der Waals surface area (Å²) in [5, 5.41) is 0. The Hall–Kier alpha value is -1.35. The maximum atomic E-state index is 12.5. The van der Waals surface area contributed by atoms with E-state index in [0.717, 1.165) is 5.56 Å². The standard InChI is InChI=1S/C29H51NO2/c1-3-5-7-9-11-13-16-22-27(23-17-14-12-10-8-6-4-2)25-32-29(31)28(30)24-26-20-18-15-19-21-26/h15,18-21,27-28H,3-14,16-17,22-25,30H2,1-2H3/t28-/m0/s1. The smallest absolute Gasteiger partial charge is 0.323 e. The van der Waals surface area contributed by atoms with Crippen molar-refractivity contribution in [2.75, 3.05) is 6.61 Å². The molecule has 0 heterocycles. The van der Waals surface area contributed by atoms with Crippen molar-refractivity contribution in [1.29, 1.82) is 0 Å². The molecule has 0 aromatic heterocycles. The highest BCUT2D eigenvalue weighted by Crippen LogP contribution is 2.20. The molecule has 0 unspecified atom stereocenters. The lowest BCUT2D eigenvalue weighted by Gasteiger charge is -2.19. The number of hydrogen-bond acceptors (Lipinski definition) is 3. The van der Waals surface area contributed by atoms with Crippen LogP contribution in [-0.4, -0.2) is 18.6 Å². The van der Waals surface area contributed by atoms with Crippen LogP contribution in [-0.2, 0) is 16.0 Å². The number of esters is 1. The molecule has 3 nitrogen and oxygen atoms in total. The lowest BCUT2D eigenvalue weighted by molar-refractivity contribution is -0.146. The summed E-state index contributed by atoms with van der Waals surface area (Å²) in [5.41, 5.74) is 7.20. The third kappa shape index (κ3) is 15.5. The molecule has 32 heavy (non-hydrogen) atoms. The zero-order valence-electron chi connectivity index (χ0n) is 21.2. The molecule has 0 bridgehead atoms. The highest BCUT2D eigenvalue weighted by Gasteiger charge is 2.18. The van der Waals surface area contributed by atoms with E-state index >= 15 is 0 Å². The van der Waals surface area contributed by atoms with E-state index in [9.17, 15) is 4.79 Å². The van der Waals surface area contributed by atoms with Gasteiger partial charge in [-0.25, -0.2) is 0 Å². The van der Waals surface area contributed by atoms with E-state index in [1.807, 2.05) is 30.3 Å². The van der Waals surface area contributed by atoms with Crippen LogP contribution in [0.1, 0.15) is 122 Å². The molecule has 0 amide bonds. The summed E-state index contributed by atoms with van der Waals surface area (Å²) in [6.45, 7) is 5.07. The lowest BCUT2D eigenvalue weighted by Crippen LogP contribution is -2.35. The Balaban J connectivity index is 2.33. The Morgan fingerprint density at radius 2 is 1.22 bits per heavy atom. The number of unbranched alkanes of at least 4 members (excludes halogenated alkanes) is 12. The monoisotopic (exact) mass is 445 g/mol. The largest absolute Gasteiger partial charge is 0.464 e. The highest BCUT2D eigenvalue weighted by atomic mass is 16.5. The topological polar surface area (TPSA) is 52.3 Å². The zero-order chi connectivity index (χ0) is 23.3. The van der Waals surface area contributed by atoms with Crippen molar-refractivity contribution in [3.63, 3.8) is 0 Å². The van der Waals surface area contributed by atoms with E-state index in [2.05, 4.69) is 13.8 Å². The Bertz CT molecular complexity index is 527. The van der Waals surface area contributed by atoms with Gasteiger partial charge in [0.05, 0.1) is 6.61 Å². The molecule has 0 fully saturated rings. The zero-order valence-corrected chi connectivity index (χ0v) is 21.2. The summed E-state index contributed by atoms with van der Waals surface area (Å²) in [7, 11) is 0. The van der Waals surface area contributed by atoms with Gasteiger partial charge in [-0.05, 0) is 30.7 Å². The van der Waals surface area contributed by atoms with Crippen LogP contribution in [0, 0.1) is 5.92 Å². The van der Waals surface area contributed by atoms with Crippen molar-refractivity contribution in [3.05, 3.63) is 35.9 Å². The first-order valence-corrected chi connectivity index (χ1v) is 13.6. The third-order valence-corrected chi connectivity index (χ3v) is 6.49. The summed E-state index contributed by atoms with van der Waals surface area (Å²) in [5.74, 6) is 0.229. The molecular formula is C29H51NO2. The number of hydrogen-bond donors (Lipinski definition) is 1. The maximum absolute atomic E-state index is 12.5. The molecule has 1 atom stereocenters. The molecule has 0 radical (unpaired) electrons. The summed E-state index contributed by atoms with van der Waals surface area (Å²) >= 11 is 0. The minimum absolute atomic E-state index is 0.252. The molecule has 0 aliphatic carbocycles. The van der Waals surface area contributed by atoms with Crippen molar-refractivity contribution < 1.29 is 9.53 Å². The van der Waals surface area contributed by atoms with Gasteiger partial charge in [-0.2, -0.15) is 0 Å². The van der Waals surface area contributed by atoms with E-state index in [1.165, 1.54) is 103 Å². The quantitative estimate of drug-likeness (QED) is 0.154. The highest BCUT2D eigenvalue weighted by molar-refractivity contribution is 5.75. The number of rotatable bonds is 21. The van der Waals surface area contributed by atoms with Crippen LogP contribution in [0.15, 0.2) is 30.3 Å². The summed E-state index contributed by atoms with van der Waals surface area (Å²) in [6.07, 6.45) is 21.5. The fourth-order valence-corrected chi connectivity index (χ4v) is 4.35.